The molecular formula is C9H7O4. The molecule has 0 atom stereocenters. The van der Waals surface area contributed by atoms with Gasteiger partial charge in [-0.1, -0.05) is 0 Å². The van der Waals surface area contributed by atoms with E-state index in [0.717, 1.165) is 6.47 Å². The molecule has 0 spiro atoms. The maximum absolute atomic E-state index is 10.9. The van der Waals surface area contributed by atoms with Gasteiger partial charge in [0.25, 0.3) is 0 Å². The molecule has 0 unspecified atom stereocenters. The van der Waals surface area contributed by atoms with Gasteiger partial charge in [0, 0.05) is 0 Å². The van der Waals surface area contributed by atoms with Crippen molar-refractivity contribution in [2.75, 3.05) is 7.11 Å². The van der Waals surface area contributed by atoms with E-state index >= 15 is 0 Å². The van der Waals surface area contributed by atoms with Gasteiger partial charge in [0.05, 0.1) is 12.7 Å². The van der Waals surface area contributed by atoms with Crippen LogP contribution in [0.2, 0.25) is 0 Å². The fraction of sp³-hybridized carbons (Fsp3) is 0.111. The molecule has 0 fully saturated rings. The van der Waals surface area contributed by atoms with E-state index in [4.69, 9.17) is 4.74 Å². The number of hydrogen-bond donors (Lipinski definition) is 0. The van der Waals surface area contributed by atoms with E-state index in [-0.39, 0.29) is 5.56 Å². The number of carbonyl (C=O) groups is 1. The van der Waals surface area contributed by atoms with Gasteiger partial charge in [-0.15, -0.1) is 0 Å². The van der Waals surface area contributed by atoms with Gasteiger partial charge in [-0.25, -0.2) is 9.59 Å². The molecule has 0 aliphatic rings. The Morgan fingerprint density at radius 1 is 1.31 bits per heavy atom. The summed E-state index contributed by atoms with van der Waals surface area (Å²) in [6.45, 7) is 1.06. The molecule has 0 aliphatic heterocycles. The molecule has 0 heterocycles. The van der Waals surface area contributed by atoms with Gasteiger partial charge in [0.2, 0.25) is 0 Å². The van der Waals surface area contributed by atoms with Crippen LogP contribution in [0.3, 0.4) is 0 Å². The van der Waals surface area contributed by atoms with E-state index in [1.807, 2.05) is 0 Å². The lowest BCUT2D eigenvalue weighted by atomic mass is 10.2. The van der Waals surface area contributed by atoms with Crippen LogP contribution in [0, 0.1) is 0 Å². The predicted molar refractivity (Wildman–Crippen MR) is 44.1 cm³/mol. The van der Waals surface area contributed by atoms with Gasteiger partial charge >= 0.3 is 12.4 Å². The summed E-state index contributed by atoms with van der Waals surface area (Å²) in [6.07, 6.45) is 0. The lowest BCUT2D eigenvalue weighted by Gasteiger charge is -1.99. The van der Waals surface area contributed by atoms with Crippen molar-refractivity contribution in [3.63, 3.8) is 0 Å². The highest BCUT2D eigenvalue weighted by atomic mass is 16.6. The Kier molecular flexibility index (Phi) is 3.03. The van der Waals surface area contributed by atoms with Crippen molar-refractivity contribution in [2.45, 2.75) is 0 Å². The summed E-state index contributed by atoms with van der Waals surface area (Å²) in [7, 11) is 1.52. The predicted octanol–water partition coefficient (Wildman–Crippen LogP) is 0.919. The van der Waals surface area contributed by atoms with E-state index in [0.29, 0.717) is 5.75 Å². The lowest BCUT2D eigenvalue weighted by Crippen LogP contribution is -2.02. The monoisotopic (exact) mass is 179 g/mol. The van der Waals surface area contributed by atoms with Crippen molar-refractivity contribution in [2.24, 2.45) is 0 Å². The number of ether oxygens (including phenoxy) is 2. The van der Waals surface area contributed by atoms with Crippen LogP contribution < -0.4 is 4.74 Å². The minimum Gasteiger partial charge on any atom is -0.497 e. The summed E-state index contributed by atoms with van der Waals surface area (Å²) < 4.78 is 8.90. The molecule has 0 aliphatic carbocycles. The smallest absolute Gasteiger partial charge is 0.425 e. The molecule has 1 radical (unpaired) electrons. The van der Waals surface area contributed by atoms with Gasteiger partial charge in [-0.3, -0.25) is 0 Å². The van der Waals surface area contributed by atoms with Gasteiger partial charge in [-0.05, 0) is 24.3 Å². The molecule has 0 saturated heterocycles. The SMILES string of the molecule is COc1ccc(C(=O)O[C]=O)cc1. The van der Waals surface area contributed by atoms with Crippen LogP contribution in [-0.2, 0) is 9.53 Å². The Morgan fingerprint density at radius 2 is 1.92 bits per heavy atom. The van der Waals surface area contributed by atoms with Crippen LogP contribution in [0.5, 0.6) is 5.75 Å². The maximum atomic E-state index is 10.9. The summed E-state index contributed by atoms with van der Waals surface area (Å²) in [5.74, 6) is -0.0933. The molecule has 4 nitrogen and oxygen atoms in total. The Labute approximate surface area is 75.1 Å². The first-order valence-corrected chi connectivity index (χ1v) is 3.50. The zero-order chi connectivity index (χ0) is 9.68. The topological polar surface area (TPSA) is 52.6 Å². The van der Waals surface area contributed by atoms with Crippen molar-refractivity contribution in [1.82, 2.24) is 0 Å². The van der Waals surface area contributed by atoms with Crippen molar-refractivity contribution < 1.29 is 19.1 Å². The van der Waals surface area contributed by atoms with Gasteiger partial charge in [0.15, 0.2) is 0 Å². The summed E-state index contributed by atoms with van der Waals surface area (Å²) >= 11 is 0. The second-order valence-corrected chi connectivity index (χ2v) is 2.20. The second-order valence-electron chi connectivity index (χ2n) is 2.20. The normalized spacial score (nSPS) is 9.00. The highest BCUT2D eigenvalue weighted by molar-refractivity contribution is 5.93. The molecule has 67 valence electrons. The molecule has 4 heteroatoms. The van der Waals surface area contributed by atoms with Gasteiger partial charge < -0.3 is 9.47 Å². The van der Waals surface area contributed by atoms with Gasteiger partial charge in [0.1, 0.15) is 5.75 Å². The molecule has 0 N–H and O–H groups in total. The van der Waals surface area contributed by atoms with E-state index in [1.165, 1.54) is 19.2 Å². The number of carbonyl (C=O) groups excluding carboxylic acids is 2. The molecule has 1 aromatic rings. The Morgan fingerprint density at radius 3 is 2.38 bits per heavy atom. The Balaban J connectivity index is 2.79. The first kappa shape index (κ1) is 9.25. The minimum absolute atomic E-state index is 0.282. The van der Waals surface area contributed by atoms with E-state index < -0.39 is 5.97 Å². The minimum atomic E-state index is -0.724. The van der Waals surface area contributed by atoms with Crippen LogP contribution in [0.4, 0.5) is 0 Å². The quantitative estimate of drug-likeness (QED) is 0.511. The third kappa shape index (κ3) is 2.30. The first-order chi connectivity index (χ1) is 6.27. The van der Waals surface area contributed by atoms with E-state index in [9.17, 15) is 9.59 Å². The van der Waals surface area contributed by atoms with Crippen molar-refractivity contribution in [3.8, 4) is 5.75 Å². The molecular weight excluding hydrogens is 172 g/mol. The van der Waals surface area contributed by atoms with Crippen molar-refractivity contribution in [3.05, 3.63) is 29.8 Å². The Hall–Kier alpha value is -1.84. The van der Waals surface area contributed by atoms with Crippen LogP contribution in [-0.4, -0.2) is 19.6 Å². The number of esters is 1. The number of rotatable bonds is 3. The summed E-state index contributed by atoms with van der Waals surface area (Å²) in [6, 6.07) is 6.19. The van der Waals surface area contributed by atoms with Crippen LogP contribution in [0.25, 0.3) is 0 Å². The van der Waals surface area contributed by atoms with Crippen molar-refractivity contribution >= 4 is 12.4 Å². The summed E-state index contributed by atoms with van der Waals surface area (Å²) in [4.78, 5) is 20.6. The fourth-order valence-corrected chi connectivity index (χ4v) is 0.824. The average molecular weight is 179 g/mol. The third-order valence-corrected chi connectivity index (χ3v) is 1.46. The highest BCUT2D eigenvalue weighted by Gasteiger charge is 2.06. The number of methoxy groups -OCH3 is 1. The lowest BCUT2D eigenvalue weighted by molar-refractivity contribution is 0.0710. The molecule has 13 heavy (non-hydrogen) atoms. The third-order valence-electron chi connectivity index (χ3n) is 1.46. The number of hydrogen-bond acceptors (Lipinski definition) is 4. The molecule has 0 amide bonds. The maximum Gasteiger partial charge on any atom is 0.425 e. The molecule has 1 aromatic carbocycles. The second kappa shape index (κ2) is 4.25. The zero-order valence-corrected chi connectivity index (χ0v) is 6.94. The van der Waals surface area contributed by atoms with E-state index in [2.05, 4.69) is 4.74 Å². The first-order valence-electron chi connectivity index (χ1n) is 3.50. The summed E-state index contributed by atoms with van der Waals surface area (Å²) in [5.41, 5.74) is 0.282. The van der Waals surface area contributed by atoms with E-state index in [1.54, 1.807) is 12.1 Å². The number of benzene rings is 1. The van der Waals surface area contributed by atoms with Crippen LogP contribution in [0.1, 0.15) is 10.4 Å². The highest BCUT2D eigenvalue weighted by Crippen LogP contribution is 2.11. The molecule has 0 saturated carbocycles. The fourth-order valence-electron chi connectivity index (χ4n) is 0.824. The molecule has 0 aromatic heterocycles. The molecule has 0 bridgehead atoms. The zero-order valence-electron chi connectivity index (χ0n) is 6.94. The van der Waals surface area contributed by atoms with Gasteiger partial charge in [-0.2, -0.15) is 0 Å². The van der Waals surface area contributed by atoms with Crippen LogP contribution in [0.15, 0.2) is 24.3 Å². The van der Waals surface area contributed by atoms with Crippen molar-refractivity contribution in [1.29, 1.82) is 0 Å². The standard InChI is InChI=1S/C9H7O4/c1-12-8-4-2-7(3-5-8)9(11)13-6-10/h2-5H,1H3. The average Bonchev–Trinajstić information content (AvgIpc) is 2.18. The largest absolute Gasteiger partial charge is 0.497 e. The Bertz CT molecular complexity index is 302. The summed E-state index contributed by atoms with van der Waals surface area (Å²) in [5, 5.41) is 0. The van der Waals surface area contributed by atoms with Crippen LogP contribution >= 0.6 is 0 Å². The molecule has 1 rings (SSSR count).